The van der Waals surface area contributed by atoms with E-state index in [1.165, 1.54) is 17.7 Å². The standard InChI is InChI=1S/C22H24F2N2O2/c1-14(25-22(28)10-7-18-12-19(23)8-9-20(18)24)17-6-5-16-4-3-11-26(15(2)27)21(16)13-17/h5-10,12-15,27H,3-4,11H2,1-2H3,(H,25,28)/b10-7+. The van der Waals surface area contributed by atoms with E-state index in [2.05, 4.69) is 5.32 Å². The highest BCUT2D eigenvalue weighted by molar-refractivity contribution is 5.92. The Morgan fingerprint density at radius 3 is 2.75 bits per heavy atom. The summed E-state index contributed by atoms with van der Waals surface area (Å²) in [5.74, 6) is -1.56. The number of amides is 1. The van der Waals surface area contributed by atoms with Crippen molar-refractivity contribution in [2.45, 2.75) is 39.0 Å². The highest BCUT2D eigenvalue weighted by atomic mass is 19.1. The molecule has 2 aromatic rings. The van der Waals surface area contributed by atoms with Crippen LogP contribution in [-0.4, -0.2) is 23.8 Å². The number of aliphatic hydroxyl groups is 1. The van der Waals surface area contributed by atoms with Crippen molar-refractivity contribution in [3.8, 4) is 0 Å². The van der Waals surface area contributed by atoms with Gasteiger partial charge >= 0.3 is 0 Å². The molecule has 2 atom stereocenters. The quantitative estimate of drug-likeness (QED) is 0.765. The van der Waals surface area contributed by atoms with Gasteiger partial charge in [0, 0.05) is 23.9 Å². The molecule has 2 unspecified atom stereocenters. The molecule has 1 aliphatic heterocycles. The van der Waals surface area contributed by atoms with E-state index in [0.29, 0.717) is 0 Å². The van der Waals surface area contributed by atoms with E-state index in [-0.39, 0.29) is 11.6 Å². The summed E-state index contributed by atoms with van der Waals surface area (Å²) in [4.78, 5) is 14.1. The lowest BCUT2D eigenvalue weighted by atomic mass is 9.97. The van der Waals surface area contributed by atoms with Crippen LogP contribution in [-0.2, 0) is 11.2 Å². The van der Waals surface area contributed by atoms with E-state index in [0.717, 1.165) is 48.8 Å². The molecule has 0 spiro atoms. The number of hydrogen-bond acceptors (Lipinski definition) is 3. The van der Waals surface area contributed by atoms with Crippen molar-refractivity contribution < 1.29 is 18.7 Å². The van der Waals surface area contributed by atoms with Crippen LogP contribution in [0.5, 0.6) is 0 Å². The molecule has 2 N–H and O–H groups in total. The summed E-state index contributed by atoms with van der Waals surface area (Å²) in [6.07, 6.45) is 3.81. The van der Waals surface area contributed by atoms with Crippen LogP contribution in [0.3, 0.4) is 0 Å². The Kier molecular flexibility index (Phi) is 6.09. The second-order valence-corrected chi connectivity index (χ2v) is 7.05. The predicted octanol–water partition coefficient (Wildman–Crippen LogP) is 3.95. The number of carbonyl (C=O) groups is 1. The van der Waals surface area contributed by atoms with E-state index in [4.69, 9.17) is 0 Å². The van der Waals surface area contributed by atoms with Gasteiger partial charge in [0.05, 0.1) is 6.04 Å². The molecule has 1 aliphatic rings. The van der Waals surface area contributed by atoms with Gasteiger partial charge in [-0.2, -0.15) is 0 Å². The molecule has 0 fully saturated rings. The molecule has 0 radical (unpaired) electrons. The van der Waals surface area contributed by atoms with Crippen molar-refractivity contribution in [3.63, 3.8) is 0 Å². The van der Waals surface area contributed by atoms with E-state index in [1.54, 1.807) is 6.92 Å². The van der Waals surface area contributed by atoms with Crippen LogP contribution in [0, 0.1) is 11.6 Å². The van der Waals surface area contributed by atoms with Crippen LogP contribution in [0.25, 0.3) is 6.08 Å². The van der Waals surface area contributed by atoms with Crippen molar-refractivity contribution in [3.05, 3.63) is 70.8 Å². The van der Waals surface area contributed by atoms with Crippen LogP contribution in [0.2, 0.25) is 0 Å². The first-order chi connectivity index (χ1) is 13.3. The van der Waals surface area contributed by atoms with Crippen LogP contribution in [0.15, 0.2) is 42.5 Å². The molecule has 4 nitrogen and oxygen atoms in total. The van der Waals surface area contributed by atoms with E-state index in [1.807, 2.05) is 30.0 Å². The van der Waals surface area contributed by atoms with Gasteiger partial charge in [-0.1, -0.05) is 12.1 Å². The first kappa shape index (κ1) is 20.0. The molecule has 2 aromatic carbocycles. The molecule has 0 aromatic heterocycles. The number of hydrogen-bond donors (Lipinski definition) is 2. The number of nitrogens with one attached hydrogen (secondary N) is 1. The summed E-state index contributed by atoms with van der Waals surface area (Å²) in [6.45, 7) is 4.38. The molecule has 0 saturated heterocycles. The van der Waals surface area contributed by atoms with Crippen LogP contribution >= 0.6 is 0 Å². The molecular weight excluding hydrogens is 362 g/mol. The third-order valence-electron chi connectivity index (χ3n) is 4.95. The fourth-order valence-electron chi connectivity index (χ4n) is 3.43. The Labute approximate surface area is 163 Å². The molecule has 1 heterocycles. The Bertz CT molecular complexity index is 896. The van der Waals surface area contributed by atoms with Gasteiger partial charge in [-0.15, -0.1) is 0 Å². The Morgan fingerprint density at radius 2 is 2.00 bits per heavy atom. The minimum absolute atomic E-state index is 0.0177. The lowest BCUT2D eigenvalue weighted by Gasteiger charge is -2.34. The average Bonchev–Trinajstić information content (AvgIpc) is 2.67. The maximum absolute atomic E-state index is 13.6. The maximum atomic E-state index is 13.6. The topological polar surface area (TPSA) is 52.6 Å². The number of aliphatic hydroxyl groups excluding tert-OH is 1. The number of nitrogens with zero attached hydrogens (tertiary/aromatic N) is 1. The van der Waals surface area contributed by atoms with Gasteiger partial charge in [-0.3, -0.25) is 4.79 Å². The summed E-state index contributed by atoms with van der Waals surface area (Å²) < 4.78 is 26.8. The predicted molar refractivity (Wildman–Crippen MR) is 106 cm³/mol. The SMILES string of the molecule is CC(NC(=O)/C=C/c1cc(F)ccc1F)c1ccc2c(c1)N(C(C)O)CCC2. The largest absolute Gasteiger partial charge is 0.374 e. The zero-order chi connectivity index (χ0) is 20.3. The summed E-state index contributed by atoms with van der Waals surface area (Å²) in [5.41, 5.74) is 3.09. The number of anilines is 1. The van der Waals surface area contributed by atoms with E-state index in [9.17, 15) is 18.7 Å². The van der Waals surface area contributed by atoms with Gasteiger partial charge in [0.15, 0.2) is 0 Å². The number of rotatable bonds is 5. The van der Waals surface area contributed by atoms with Crippen molar-refractivity contribution in [1.82, 2.24) is 5.32 Å². The fourth-order valence-corrected chi connectivity index (χ4v) is 3.43. The molecule has 0 aliphatic carbocycles. The highest BCUT2D eigenvalue weighted by Crippen LogP contribution is 2.31. The first-order valence-corrected chi connectivity index (χ1v) is 9.36. The van der Waals surface area contributed by atoms with Crippen LogP contribution in [0.1, 0.15) is 43.0 Å². The molecule has 1 amide bonds. The Morgan fingerprint density at radius 1 is 1.21 bits per heavy atom. The highest BCUT2D eigenvalue weighted by Gasteiger charge is 2.21. The third kappa shape index (κ3) is 4.57. The minimum Gasteiger partial charge on any atom is -0.374 e. The number of halogens is 2. The molecule has 0 bridgehead atoms. The van der Waals surface area contributed by atoms with Gasteiger partial charge in [0.25, 0.3) is 0 Å². The number of aryl methyl sites for hydroxylation is 1. The van der Waals surface area contributed by atoms with Crippen molar-refractivity contribution in [1.29, 1.82) is 0 Å². The summed E-state index contributed by atoms with van der Waals surface area (Å²) in [6, 6.07) is 8.79. The molecule has 6 heteroatoms. The summed E-state index contributed by atoms with van der Waals surface area (Å²) in [7, 11) is 0. The normalized spacial score (nSPS) is 16.0. The Balaban J connectivity index is 1.71. The van der Waals surface area contributed by atoms with Crippen molar-refractivity contribution in [2.75, 3.05) is 11.4 Å². The molecule has 3 rings (SSSR count). The van der Waals surface area contributed by atoms with Gasteiger partial charge < -0.3 is 15.3 Å². The minimum atomic E-state index is -0.591. The van der Waals surface area contributed by atoms with Crippen molar-refractivity contribution in [2.24, 2.45) is 0 Å². The van der Waals surface area contributed by atoms with Gasteiger partial charge in [0.2, 0.25) is 5.91 Å². The van der Waals surface area contributed by atoms with Gasteiger partial charge in [-0.05, 0) is 68.2 Å². The van der Waals surface area contributed by atoms with E-state index < -0.39 is 23.8 Å². The fraction of sp³-hybridized carbons (Fsp3) is 0.318. The first-order valence-electron chi connectivity index (χ1n) is 9.36. The number of fused-ring (bicyclic) bond motifs is 1. The second-order valence-electron chi connectivity index (χ2n) is 7.05. The van der Waals surface area contributed by atoms with Gasteiger partial charge in [0.1, 0.15) is 17.9 Å². The monoisotopic (exact) mass is 386 g/mol. The smallest absolute Gasteiger partial charge is 0.244 e. The Hall–Kier alpha value is -2.73. The average molecular weight is 386 g/mol. The molecule has 148 valence electrons. The molecule has 28 heavy (non-hydrogen) atoms. The van der Waals surface area contributed by atoms with Gasteiger partial charge in [-0.25, -0.2) is 8.78 Å². The molecule has 0 saturated carbocycles. The van der Waals surface area contributed by atoms with Crippen molar-refractivity contribution >= 4 is 17.7 Å². The van der Waals surface area contributed by atoms with Crippen LogP contribution in [0.4, 0.5) is 14.5 Å². The third-order valence-corrected chi connectivity index (χ3v) is 4.95. The number of benzene rings is 2. The zero-order valence-corrected chi connectivity index (χ0v) is 16.0. The van der Waals surface area contributed by atoms with E-state index >= 15 is 0 Å². The summed E-state index contributed by atoms with van der Waals surface area (Å²) in [5, 5.41) is 12.8. The lowest BCUT2D eigenvalue weighted by molar-refractivity contribution is -0.117. The van der Waals surface area contributed by atoms with Crippen LogP contribution < -0.4 is 10.2 Å². The molecular formula is C22H24F2N2O2. The number of carbonyl (C=O) groups excluding carboxylic acids is 1. The lowest BCUT2D eigenvalue weighted by Crippen LogP contribution is -2.37. The zero-order valence-electron chi connectivity index (χ0n) is 16.0. The second kappa shape index (κ2) is 8.52. The maximum Gasteiger partial charge on any atom is 0.244 e. The summed E-state index contributed by atoms with van der Waals surface area (Å²) >= 11 is 0.